The molecule has 4 nitrogen and oxygen atoms in total. The SMILES string of the molecule is CCc1ncnn1CC[O]. The van der Waals surface area contributed by atoms with E-state index in [-0.39, 0.29) is 6.61 Å². The minimum absolute atomic E-state index is 0.129. The van der Waals surface area contributed by atoms with Crippen LogP contribution in [0.1, 0.15) is 12.7 Å². The molecule has 0 atom stereocenters. The first-order valence-corrected chi connectivity index (χ1v) is 3.33. The summed E-state index contributed by atoms with van der Waals surface area (Å²) in [6.45, 7) is 2.30. The molecule has 1 rings (SSSR count). The van der Waals surface area contributed by atoms with Crippen LogP contribution >= 0.6 is 0 Å². The van der Waals surface area contributed by atoms with Gasteiger partial charge in [0, 0.05) is 6.42 Å². The largest absolute Gasteiger partial charge is 0.248 e. The average Bonchev–Trinajstić information content (AvgIpc) is 2.36. The molecule has 0 aliphatic rings. The van der Waals surface area contributed by atoms with Gasteiger partial charge < -0.3 is 0 Å². The highest BCUT2D eigenvalue weighted by molar-refractivity contribution is 4.82. The predicted octanol–water partition coefficient (Wildman–Crippen LogP) is 0.271. The molecule has 1 aromatic heterocycles. The lowest BCUT2D eigenvalue weighted by molar-refractivity contribution is 0.175. The monoisotopic (exact) mass is 140 g/mol. The van der Waals surface area contributed by atoms with Crippen molar-refractivity contribution in [3.8, 4) is 0 Å². The van der Waals surface area contributed by atoms with Crippen LogP contribution in [0.25, 0.3) is 0 Å². The first kappa shape index (κ1) is 7.21. The Kier molecular flexibility index (Phi) is 2.39. The lowest BCUT2D eigenvalue weighted by Crippen LogP contribution is -2.07. The summed E-state index contributed by atoms with van der Waals surface area (Å²) in [5, 5.41) is 14.1. The van der Waals surface area contributed by atoms with Gasteiger partial charge in [-0.2, -0.15) is 5.10 Å². The van der Waals surface area contributed by atoms with Gasteiger partial charge >= 0.3 is 0 Å². The minimum Gasteiger partial charge on any atom is -0.248 e. The van der Waals surface area contributed by atoms with Crippen LogP contribution in [0.5, 0.6) is 0 Å². The third-order valence-corrected chi connectivity index (χ3v) is 1.32. The third kappa shape index (κ3) is 1.33. The fourth-order valence-electron chi connectivity index (χ4n) is 0.835. The Morgan fingerprint density at radius 2 is 2.50 bits per heavy atom. The van der Waals surface area contributed by atoms with Gasteiger partial charge in [-0.1, -0.05) is 6.92 Å². The summed E-state index contributed by atoms with van der Waals surface area (Å²) < 4.78 is 1.65. The lowest BCUT2D eigenvalue weighted by atomic mass is 10.4. The number of hydrogen-bond donors (Lipinski definition) is 0. The van der Waals surface area contributed by atoms with Gasteiger partial charge in [-0.05, 0) is 0 Å². The fraction of sp³-hybridized carbons (Fsp3) is 0.667. The number of aryl methyl sites for hydroxylation is 1. The van der Waals surface area contributed by atoms with Crippen molar-refractivity contribution in [2.24, 2.45) is 0 Å². The van der Waals surface area contributed by atoms with Crippen molar-refractivity contribution in [3.05, 3.63) is 12.2 Å². The van der Waals surface area contributed by atoms with E-state index in [2.05, 4.69) is 10.1 Å². The highest BCUT2D eigenvalue weighted by Crippen LogP contribution is 1.93. The van der Waals surface area contributed by atoms with Crippen LogP contribution in [0.15, 0.2) is 6.33 Å². The van der Waals surface area contributed by atoms with Crippen LogP contribution in [-0.2, 0) is 18.1 Å². The van der Waals surface area contributed by atoms with Crippen molar-refractivity contribution < 1.29 is 5.11 Å². The van der Waals surface area contributed by atoms with Crippen molar-refractivity contribution in [1.29, 1.82) is 0 Å². The molecule has 1 aromatic rings. The van der Waals surface area contributed by atoms with Crippen LogP contribution in [-0.4, -0.2) is 21.4 Å². The Balaban J connectivity index is 2.70. The molecule has 0 N–H and O–H groups in total. The second-order valence-corrected chi connectivity index (χ2v) is 1.96. The van der Waals surface area contributed by atoms with E-state index < -0.39 is 0 Å². The van der Waals surface area contributed by atoms with Gasteiger partial charge in [0.1, 0.15) is 18.8 Å². The van der Waals surface area contributed by atoms with E-state index in [0.717, 1.165) is 12.2 Å². The van der Waals surface area contributed by atoms with Gasteiger partial charge in [-0.15, -0.1) is 0 Å². The molecule has 10 heavy (non-hydrogen) atoms. The molecule has 0 bridgehead atoms. The molecule has 0 unspecified atom stereocenters. The fourth-order valence-corrected chi connectivity index (χ4v) is 0.835. The summed E-state index contributed by atoms with van der Waals surface area (Å²) in [5.74, 6) is 0.885. The van der Waals surface area contributed by atoms with Gasteiger partial charge in [-0.25, -0.2) is 14.8 Å². The van der Waals surface area contributed by atoms with Gasteiger partial charge in [0.15, 0.2) is 0 Å². The predicted molar refractivity (Wildman–Crippen MR) is 35.0 cm³/mol. The topological polar surface area (TPSA) is 50.6 Å². The van der Waals surface area contributed by atoms with E-state index in [9.17, 15) is 5.11 Å². The van der Waals surface area contributed by atoms with Gasteiger partial charge in [-0.3, -0.25) is 0 Å². The lowest BCUT2D eigenvalue weighted by Gasteiger charge is -1.98. The zero-order valence-corrected chi connectivity index (χ0v) is 5.95. The van der Waals surface area contributed by atoms with E-state index in [1.165, 1.54) is 6.33 Å². The van der Waals surface area contributed by atoms with Crippen LogP contribution < -0.4 is 0 Å². The van der Waals surface area contributed by atoms with Crippen molar-refractivity contribution in [2.45, 2.75) is 19.9 Å². The first-order valence-electron chi connectivity index (χ1n) is 3.33. The Morgan fingerprint density at radius 3 is 3.10 bits per heavy atom. The number of aromatic nitrogens is 3. The second-order valence-electron chi connectivity index (χ2n) is 1.96. The Bertz CT molecular complexity index is 197. The summed E-state index contributed by atoms with van der Waals surface area (Å²) >= 11 is 0. The summed E-state index contributed by atoms with van der Waals surface area (Å²) in [6, 6.07) is 0. The maximum Gasteiger partial charge on any atom is 0.138 e. The molecular weight excluding hydrogens is 130 g/mol. The van der Waals surface area contributed by atoms with Crippen LogP contribution in [0, 0.1) is 0 Å². The molecule has 0 aromatic carbocycles. The highest BCUT2D eigenvalue weighted by Gasteiger charge is 1.98. The smallest absolute Gasteiger partial charge is 0.138 e. The molecule has 0 amide bonds. The second kappa shape index (κ2) is 3.31. The summed E-state index contributed by atoms with van der Waals surface area (Å²) in [5.41, 5.74) is 0. The van der Waals surface area contributed by atoms with Crippen molar-refractivity contribution in [3.63, 3.8) is 0 Å². The van der Waals surface area contributed by atoms with Crippen LogP contribution in [0.2, 0.25) is 0 Å². The van der Waals surface area contributed by atoms with Gasteiger partial charge in [0.05, 0.1) is 6.54 Å². The average molecular weight is 140 g/mol. The maximum absolute atomic E-state index is 10.2. The number of nitrogens with zero attached hydrogens (tertiary/aromatic N) is 3. The molecule has 55 valence electrons. The molecule has 0 saturated carbocycles. The van der Waals surface area contributed by atoms with Crippen molar-refractivity contribution >= 4 is 0 Å². The number of hydrogen-bond acceptors (Lipinski definition) is 2. The quantitative estimate of drug-likeness (QED) is 0.605. The molecule has 0 aliphatic carbocycles. The zero-order valence-electron chi connectivity index (χ0n) is 5.95. The Morgan fingerprint density at radius 1 is 1.70 bits per heavy atom. The van der Waals surface area contributed by atoms with E-state index in [4.69, 9.17) is 0 Å². The van der Waals surface area contributed by atoms with E-state index in [1.54, 1.807) is 4.68 Å². The molecule has 0 fully saturated rings. The molecule has 1 radical (unpaired) electrons. The highest BCUT2D eigenvalue weighted by atomic mass is 16.3. The molecular formula is C6H10N3O. The Hall–Kier alpha value is -0.900. The van der Waals surface area contributed by atoms with Crippen molar-refractivity contribution in [1.82, 2.24) is 14.8 Å². The molecule has 1 heterocycles. The molecule has 0 saturated heterocycles. The minimum atomic E-state index is -0.129. The molecule has 0 spiro atoms. The summed E-state index contributed by atoms with van der Waals surface area (Å²) in [4.78, 5) is 3.97. The van der Waals surface area contributed by atoms with Crippen LogP contribution in [0.4, 0.5) is 0 Å². The first-order chi connectivity index (χ1) is 4.88. The normalized spacial score (nSPS) is 10.2. The molecule has 0 aliphatic heterocycles. The summed E-state index contributed by atoms with van der Waals surface area (Å²) in [6.07, 6.45) is 2.31. The zero-order chi connectivity index (χ0) is 7.40. The van der Waals surface area contributed by atoms with Gasteiger partial charge in [0.25, 0.3) is 0 Å². The van der Waals surface area contributed by atoms with E-state index >= 15 is 0 Å². The van der Waals surface area contributed by atoms with Crippen LogP contribution in [0.3, 0.4) is 0 Å². The van der Waals surface area contributed by atoms with Gasteiger partial charge in [0.2, 0.25) is 0 Å². The Labute approximate surface area is 59.5 Å². The summed E-state index contributed by atoms with van der Waals surface area (Å²) in [7, 11) is 0. The van der Waals surface area contributed by atoms with Crippen molar-refractivity contribution in [2.75, 3.05) is 6.61 Å². The van der Waals surface area contributed by atoms with E-state index in [0.29, 0.717) is 6.54 Å². The maximum atomic E-state index is 10.2. The third-order valence-electron chi connectivity index (χ3n) is 1.32. The van der Waals surface area contributed by atoms with E-state index in [1.807, 2.05) is 6.92 Å². The molecule has 4 heteroatoms. The standard InChI is InChI=1S/C6H10N3O/c1-2-6-7-5-8-9(6)3-4-10/h5H,2-4H2,1H3. The number of rotatable bonds is 3.